The van der Waals surface area contributed by atoms with Crippen molar-refractivity contribution in [2.45, 2.75) is 25.3 Å². The topological polar surface area (TPSA) is 68.5 Å². The maximum Gasteiger partial charge on any atom is 0.232 e. The summed E-state index contributed by atoms with van der Waals surface area (Å²) in [6.07, 6.45) is 0.390. The van der Waals surface area contributed by atoms with E-state index in [2.05, 4.69) is 10.1 Å². The predicted octanol–water partition coefficient (Wildman–Crippen LogP) is 3.82. The third-order valence-corrected chi connectivity index (χ3v) is 5.05. The van der Waals surface area contributed by atoms with E-state index in [1.807, 2.05) is 66.4 Å². The Morgan fingerprint density at radius 2 is 1.89 bits per heavy atom. The number of hydrogen-bond acceptors (Lipinski definition) is 5. The van der Waals surface area contributed by atoms with E-state index in [0.717, 1.165) is 16.9 Å². The number of likely N-dealkylation sites (tertiary alicyclic amines) is 1. The molecule has 2 aromatic carbocycles. The number of hydrogen-bond donors (Lipinski definition) is 0. The zero-order chi connectivity index (χ0) is 18.8. The first-order chi connectivity index (χ1) is 13.2. The molecule has 1 amide bonds. The number of aromatic nitrogens is 2. The number of methoxy groups -OCH3 is 1. The Hall–Kier alpha value is -3.15. The fourth-order valence-electron chi connectivity index (χ4n) is 3.44. The number of ether oxygens (including phenoxy) is 1. The van der Waals surface area contributed by atoms with Crippen LogP contribution in [0.5, 0.6) is 5.75 Å². The van der Waals surface area contributed by atoms with Crippen LogP contribution in [0.1, 0.15) is 36.8 Å². The van der Waals surface area contributed by atoms with E-state index < -0.39 is 0 Å². The highest BCUT2D eigenvalue weighted by atomic mass is 16.5. The van der Waals surface area contributed by atoms with Crippen LogP contribution in [0.2, 0.25) is 0 Å². The Bertz CT molecular complexity index is 921. The summed E-state index contributed by atoms with van der Waals surface area (Å²) >= 11 is 0. The number of carbonyl (C=O) groups excluding carboxylic acids is 1. The summed E-state index contributed by atoms with van der Waals surface area (Å²) in [6, 6.07) is 17.5. The van der Waals surface area contributed by atoms with Gasteiger partial charge in [-0.25, -0.2) is 0 Å². The molecule has 138 valence electrons. The average molecular weight is 363 g/mol. The minimum atomic E-state index is -0.0804. The third-order valence-electron chi connectivity index (χ3n) is 5.05. The molecular formula is C21H21N3O3. The standard InChI is InChI=1S/C21H21N3O3/c1-14(15-6-4-3-5-7-15)24-13-17(12-19(24)25)21-22-20(23-27-21)16-8-10-18(26-2)11-9-16/h3-11,14,17H,12-13H2,1-2H3. The van der Waals surface area contributed by atoms with Crippen molar-refractivity contribution in [3.63, 3.8) is 0 Å². The molecule has 1 saturated heterocycles. The van der Waals surface area contributed by atoms with Gasteiger partial charge in [0.25, 0.3) is 0 Å². The average Bonchev–Trinajstić information content (AvgIpc) is 3.35. The van der Waals surface area contributed by atoms with Crippen molar-refractivity contribution in [3.05, 3.63) is 66.1 Å². The normalized spacial score (nSPS) is 17.9. The van der Waals surface area contributed by atoms with Crippen molar-refractivity contribution in [3.8, 4) is 17.1 Å². The maximum absolute atomic E-state index is 12.5. The molecule has 0 spiro atoms. The van der Waals surface area contributed by atoms with Crippen LogP contribution in [0, 0.1) is 0 Å². The number of rotatable bonds is 5. The van der Waals surface area contributed by atoms with E-state index in [-0.39, 0.29) is 17.9 Å². The van der Waals surface area contributed by atoms with Gasteiger partial charge in [0.2, 0.25) is 17.6 Å². The van der Waals surface area contributed by atoms with Gasteiger partial charge in [0.05, 0.1) is 19.1 Å². The molecule has 2 atom stereocenters. The molecule has 4 rings (SSSR count). The lowest BCUT2D eigenvalue weighted by atomic mass is 10.1. The van der Waals surface area contributed by atoms with Crippen molar-refractivity contribution in [1.82, 2.24) is 15.0 Å². The van der Waals surface area contributed by atoms with Crippen molar-refractivity contribution >= 4 is 5.91 Å². The molecule has 1 aromatic heterocycles. The SMILES string of the molecule is COc1ccc(-c2noc(C3CC(=O)N(C(C)c4ccccc4)C3)n2)cc1. The van der Waals surface area contributed by atoms with E-state index in [0.29, 0.717) is 24.7 Å². The molecule has 6 heteroatoms. The van der Waals surface area contributed by atoms with E-state index >= 15 is 0 Å². The second-order valence-corrected chi connectivity index (χ2v) is 6.72. The Morgan fingerprint density at radius 1 is 1.15 bits per heavy atom. The van der Waals surface area contributed by atoms with Crippen LogP contribution in [-0.2, 0) is 4.79 Å². The second-order valence-electron chi connectivity index (χ2n) is 6.72. The molecule has 0 radical (unpaired) electrons. The number of nitrogens with zero attached hydrogens (tertiary/aromatic N) is 3. The smallest absolute Gasteiger partial charge is 0.232 e. The zero-order valence-corrected chi connectivity index (χ0v) is 15.3. The largest absolute Gasteiger partial charge is 0.497 e. The minimum Gasteiger partial charge on any atom is -0.497 e. The molecule has 0 N–H and O–H groups in total. The van der Waals surface area contributed by atoms with Gasteiger partial charge in [-0.2, -0.15) is 4.98 Å². The van der Waals surface area contributed by atoms with Gasteiger partial charge in [0.15, 0.2) is 0 Å². The molecule has 2 heterocycles. The van der Waals surface area contributed by atoms with Gasteiger partial charge in [-0.05, 0) is 36.8 Å². The third kappa shape index (κ3) is 3.43. The Kier molecular flexibility index (Phi) is 4.62. The van der Waals surface area contributed by atoms with Crippen LogP contribution >= 0.6 is 0 Å². The molecule has 1 aliphatic rings. The van der Waals surface area contributed by atoms with Crippen LogP contribution in [-0.4, -0.2) is 34.6 Å². The van der Waals surface area contributed by atoms with Crippen LogP contribution in [0.4, 0.5) is 0 Å². The van der Waals surface area contributed by atoms with Crippen molar-refractivity contribution in [2.75, 3.05) is 13.7 Å². The number of carbonyl (C=O) groups is 1. The molecule has 3 aromatic rings. The summed E-state index contributed by atoms with van der Waals surface area (Å²) in [7, 11) is 1.63. The first-order valence-electron chi connectivity index (χ1n) is 8.98. The van der Waals surface area contributed by atoms with Gasteiger partial charge in [-0.1, -0.05) is 35.5 Å². The van der Waals surface area contributed by atoms with Gasteiger partial charge in [-0.3, -0.25) is 4.79 Å². The minimum absolute atomic E-state index is 0.0210. The van der Waals surface area contributed by atoms with Gasteiger partial charge in [-0.15, -0.1) is 0 Å². The van der Waals surface area contributed by atoms with Crippen molar-refractivity contribution < 1.29 is 14.1 Å². The lowest BCUT2D eigenvalue weighted by molar-refractivity contribution is -0.129. The van der Waals surface area contributed by atoms with Gasteiger partial charge in [0, 0.05) is 18.5 Å². The maximum atomic E-state index is 12.5. The highest BCUT2D eigenvalue weighted by molar-refractivity contribution is 5.80. The summed E-state index contributed by atoms with van der Waals surface area (Å²) in [4.78, 5) is 18.9. The second kappa shape index (κ2) is 7.23. The highest BCUT2D eigenvalue weighted by Gasteiger charge is 2.37. The first-order valence-corrected chi connectivity index (χ1v) is 8.98. The molecule has 27 heavy (non-hydrogen) atoms. The summed E-state index contributed by atoms with van der Waals surface area (Å²) in [6.45, 7) is 2.63. The predicted molar refractivity (Wildman–Crippen MR) is 100 cm³/mol. The molecule has 0 aliphatic carbocycles. The molecule has 0 bridgehead atoms. The van der Waals surface area contributed by atoms with Crippen LogP contribution < -0.4 is 4.74 Å². The number of benzene rings is 2. The van der Waals surface area contributed by atoms with Gasteiger partial charge in [0.1, 0.15) is 5.75 Å². The molecular weight excluding hydrogens is 342 g/mol. The fourth-order valence-corrected chi connectivity index (χ4v) is 3.44. The summed E-state index contributed by atoms with van der Waals surface area (Å²) < 4.78 is 10.6. The lowest BCUT2D eigenvalue weighted by Gasteiger charge is -2.24. The van der Waals surface area contributed by atoms with E-state index in [9.17, 15) is 4.79 Å². The van der Waals surface area contributed by atoms with Gasteiger partial charge < -0.3 is 14.2 Å². The van der Waals surface area contributed by atoms with E-state index in [4.69, 9.17) is 9.26 Å². The molecule has 1 aliphatic heterocycles. The quantitative estimate of drug-likeness (QED) is 0.689. The summed E-state index contributed by atoms with van der Waals surface area (Å²) in [5, 5.41) is 4.08. The molecule has 6 nitrogen and oxygen atoms in total. The first kappa shape index (κ1) is 17.3. The Balaban J connectivity index is 1.50. The molecule has 0 saturated carbocycles. The molecule has 1 fully saturated rings. The highest BCUT2D eigenvalue weighted by Crippen LogP contribution is 2.34. The van der Waals surface area contributed by atoms with Crippen molar-refractivity contribution in [2.24, 2.45) is 0 Å². The fraction of sp³-hybridized carbons (Fsp3) is 0.286. The van der Waals surface area contributed by atoms with Crippen LogP contribution in [0.25, 0.3) is 11.4 Å². The van der Waals surface area contributed by atoms with Gasteiger partial charge >= 0.3 is 0 Å². The van der Waals surface area contributed by atoms with Crippen LogP contribution in [0.15, 0.2) is 59.1 Å². The molecule has 2 unspecified atom stereocenters. The van der Waals surface area contributed by atoms with Crippen LogP contribution in [0.3, 0.4) is 0 Å². The Labute approximate surface area is 157 Å². The zero-order valence-electron chi connectivity index (χ0n) is 15.3. The number of amides is 1. The van der Waals surface area contributed by atoms with E-state index in [1.54, 1.807) is 7.11 Å². The summed E-state index contributed by atoms with van der Waals surface area (Å²) in [5.41, 5.74) is 1.97. The Morgan fingerprint density at radius 3 is 2.59 bits per heavy atom. The summed E-state index contributed by atoms with van der Waals surface area (Å²) in [5.74, 6) is 1.84. The monoisotopic (exact) mass is 363 g/mol. The van der Waals surface area contributed by atoms with Crippen molar-refractivity contribution in [1.29, 1.82) is 0 Å². The lowest BCUT2D eigenvalue weighted by Crippen LogP contribution is -2.28. The van der Waals surface area contributed by atoms with E-state index in [1.165, 1.54) is 0 Å².